The Labute approximate surface area is 215 Å². The van der Waals surface area contributed by atoms with E-state index >= 15 is 0 Å². The summed E-state index contributed by atoms with van der Waals surface area (Å²) in [5.41, 5.74) is 9.81. The van der Waals surface area contributed by atoms with Gasteiger partial charge in [-0.3, -0.25) is 0 Å². The fraction of sp³-hybridized carbons (Fsp3) is 0.194. The Morgan fingerprint density at radius 3 is 2.46 bits per heavy atom. The first kappa shape index (κ1) is 23.0. The molecule has 0 spiro atoms. The number of anilines is 1. The summed E-state index contributed by atoms with van der Waals surface area (Å²) < 4.78 is 23.5. The molecular weight excluding hydrogens is 466 g/mol. The number of methoxy groups -OCH3 is 2. The second-order valence-electron chi connectivity index (χ2n) is 9.42. The molecule has 4 aromatic carbocycles. The minimum Gasteiger partial charge on any atom is -0.497 e. The summed E-state index contributed by atoms with van der Waals surface area (Å²) in [5.74, 6) is 1.72. The molecule has 0 bridgehead atoms. The van der Waals surface area contributed by atoms with E-state index in [1.165, 1.54) is 7.11 Å². The standard InChI is InChI=1S/C31H27NO5/c1-18-16-19-17-21(10-13-26(19)36-18)31(20-8-11-22(34-2)12-9-20)15-14-25-27(30(33)35-3)28(32)23-6-4-5-7-24(23)29(25)37-31/h4-15,17-18H,16,32H2,1-3H3. The summed E-state index contributed by atoms with van der Waals surface area (Å²) in [6, 6.07) is 21.7. The van der Waals surface area contributed by atoms with Crippen LogP contribution < -0.4 is 19.9 Å². The zero-order valence-corrected chi connectivity index (χ0v) is 20.9. The highest BCUT2D eigenvalue weighted by molar-refractivity contribution is 6.12. The van der Waals surface area contributed by atoms with Gasteiger partial charge in [-0.15, -0.1) is 0 Å². The van der Waals surface area contributed by atoms with Crippen LogP contribution in [0.4, 0.5) is 5.69 Å². The van der Waals surface area contributed by atoms with Crippen LogP contribution in [0.15, 0.2) is 72.8 Å². The molecule has 6 nitrogen and oxygen atoms in total. The second kappa shape index (κ2) is 8.59. The van der Waals surface area contributed by atoms with Gasteiger partial charge in [0.1, 0.15) is 23.4 Å². The predicted molar refractivity (Wildman–Crippen MR) is 143 cm³/mol. The molecular formula is C31H27NO5. The van der Waals surface area contributed by atoms with Crippen molar-refractivity contribution >= 4 is 28.5 Å². The van der Waals surface area contributed by atoms with Gasteiger partial charge >= 0.3 is 5.97 Å². The number of esters is 1. The van der Waals surface area contributed by atoms with Crippen molar-refractivity contribution in [3.05, 3.63) is 101 Å². The molecule has 2 N–H and O–H groups in total. The molecule has 2 heterocycles. The molecule has 0 saturated heterocycles. The van der Waals surface area contributed by atoms with E-state index in [9.17, 15) is 4.79 Å². The van der Waals surface area contributed by atoms with Crippen LogP contribution in [0.2, 0.25) is 0 Å². The van der Waals surface area contributed by atoms with Crippen LogP contribution in [0.25, 0.3) is 16.8 Å². The van der Waals surface area contributed by atoms with Gasteiger partial charge in [-0.2, -0.15) is 0 Å². The van der Waals surface area contributed by atoms with Crippen LogP contribution in [0, 0.1) is 0 Å². The summed E-state index contributed by atoms with van der Waals surface area (Å²) in [6.07, 6.45) is 4.86. The van der Waals surface area contributed by atoms with Gasteiger partial charge in [0.05, 0.1) is 25.5 Å². The summed E-state index contributed by atoms with van der Waals surface area (Å²) in [6.45, 7) is 2.07. The molecule has 4 aromatic rings. The van der Waals surface area contributed by atoms with E-state index in [1.54, 1.807) is 7.11 Å². The number of carbonyl (C=O) groups excluding carboxylic acids is 1. The molecule has 0 radical (unpaired) electrons. The van der Waals surface area contributed by atoms with Gasteiger partial charge in [0.2, 0.25) is 0 Å². The lowest BCUT2D eigenvalue weighted by Gasteiger charge is -2.37. The fourth-order valence-electron chi connectivity index (χ4n) is 5.41. The highest BCUT2D eigenvalue weighted by Crippen LogP contribution is 2.49. The maximum atomic E-state index is 12.9. The maximum Gasteiger partial charge on any atom is 0.340 e. The zero-order valence-electron chi connectivity index (χ0n) is 20.9. The average Bonchev–Trinajstić information content (AvgIpc) is 3.32. The van der Waals surface area contributed by atoms with Gasteiger partial charge in [-0.1, -0.05) is 42.5 Å². The van der Waals surface area contributed by atoms with Gasteiger partial charge in [0.25, 0.3) is 0 Å². The minimum atomic E-state index is -0.966. The number of hydrogen-bond acceptors (Lipinski definition) is 6. The number of ether oxygens (including phenoxy) is 4. The molecule has 186 valence electrons. The quantitative estimate of drug-likeness (QED) is 0.282. The van der Waals surface area contributed by atoms with E-state index in [0.29, 0.717) is 22.6 Å². The van der Waals surface area contributed by atoms with Crippen molar-refractivity contribution in [3.8, 4) is 17.2 Å². The lowest BCUT2D eigenvalue weighted by Crippen LogP contribution is -2.35. The largest absolute Gasteiger partial charge is 0.497 e. The highest BCUT2D eigenvalue weighted by Gasteiger charge is 2.40. The van der Waals surface area contributed by atoms with Crippen molar-refractivity contribution in [2.45, 2.75) is 25.0 Å². The average molecular weight is 494 g/mol. The summed E-state index contributed by atoms with van der Waals surface area (Å²) in [7, 11) is 3.00. The number of benzene rings is 4. The Kier molecular flexibility index (Phi) is 5.33. The van der Waals surface area contributed by atoms with E-state index in [1.807, 2.05) is 72.8 Å². The van der Waals surface area contributed by atoms with Gasteiger partial charge in [-0.25, -0.2) is 4.79 Å². The van der Waals surface area contributed by atoms with Crippen LogP contribution in [0.3, 0.4) is 0 Å². The number of nitrogens with two attached hydrogens (primary N) is 1. The Balaban J connectivity index is 1.62. The molecule has 0 saturated carbocycles. The first-order valence-corrected chi connectivity index (χ1v) is 12.2. The molecule has 2 aliphatic rings. The lowest BCUT2D eigenvalue weighted by molar-refractivity contribution is 0.0600. The minimum absolute atomic E-state index is 0.125. The SMILES string of the molecule is COC(=O)c1c2c(c3ccccc3c1N)OC(c1ccc(OC)cc1)(c1ccc3c(c1)CC(C)O3)C=C2. The summed E-state index contributed by atoms with van der Waals surface area (Å²) in [4.78, 5) is 12.9. The second-order valence-corrected chi connectivity index (χ2v) is 9.42. The Morgan fingerprint density at radius 2 is 1.73 bits per heavy atom. The van der Waals surface area contributed by atoms with Crippen molar-refractivity contribution in [1.82, 2.24) is 0 Å². The third-order valence-corrected chi connectivity index (χ3v) is 7.23. The molecule has 0 aliphatic carbocycles. The normalized spacial score (nSPS) is 19.5. The molecule has 0 amide bonds. The monoisotopic (exact) mass is 493 g/mol. The zero-order chi connectivity index (χ0) is 25.7. The first-order chi connectivity index (χ1) is 17.9. The van der Waals surface area contributed by atoms with E-state index < -0.39 is 11.6 Å². The maximum absolute atomic E-state index is 12.9. The molecule has 0 aromatic heterocycles. The van der Waals surface area contributed by atoms with Crippen molar-refractivity contribution in [1.29, 1.82) is 0 Å². The van der Waals surface area contributed by atoms with Gasteiger partial charge in [0.15, 0.2) is 5.60 Å². The van der Waals surface area contributed by atoms with Crippen LogP contribution in [-0.2, 0) is 16.8 Å². The van der Waals surface area contributed by atoms with Crippen molar-refractivity contribution in [2.24, 2.45) is 0 Å². The molecule has 6 heteroatoms. The van der Waals surface area contributed by atoms with Crippen molar-refractivity contribution < 1.29 is 23.7 Å². The number of rotatable bonds is 4. The van der Waals surface area contributed by atoms with E-state index in [0.717, 1.165) is 45.4 Å². The van der Waals surface area contributed by atoms with Gasteiger partial charge in [-0.05, 0) is 48.9 Å². The van der Waals surface area contributed by atoms with Gasteiger partial charge in [0, 0.05) is 33.9 Å². The number of fused-ring (bicyclic) bond motifs is 4. The number of nitrogen functional groups attached to an aromatic ring is 1. The Hall–Kier alpha value is -4.45. The van der Waals surface area contributed by atoms with Gasteiger partial charge < -0.3 is 24.7 Å². The van der Waals surface area contributed by atoms with E-state index in [-0.39, 0.29) is 6.10 Å². The molecule has 2 atom stereocenters. The topological polar surface area (TPSA) is 80.0 Å². The molecule has 0 fully saturated rings. The highest BCUT2D eigenvalue weighted by atomic mass is 16.5. The summed E-state index contributed by atoms with van der Waals surface area (Å²) in [5, 5.41) is 1.56. The van der Waals surface area contributed by atoms with Crippen LogP contribution >= 0.6 is 0 Å². The number of hydrogen-bond donors (Lipinski definition) is 1. The molecule has 2 unspecified atom stereocenters. The third-order valence-electron chi connectivity index (χ3n) is 7.23. The smallest absolute Gasteiger partial charge is 0.340 e. The van der Waals surface area contributed by atoms with Crippen LogP contribution in [0.5, 0.6) is 17.2 Å². The fourth-order valence-corrected chi connectivity index (χ4v) is 5.41. The Morgan fingerprint density at radius 1 is 1.00 bits per heavy atom. The van der Waals surface area contributed by atoms with Crippen LogP contribution in [0.1, 0.15) is 39.5 Å². The van der Waals surface area contributed by atoms with Crippen LogP contribution in [-0.4, -0.2) is 26.3 Å². The van der Waals surface area contributed by atoms with E-state index in [4.69, 9.17) is 24.7 Å². The Bertz CT molecular complexity index is 1570. The van der Waals surface area contributed by atoms with E-state index in [2.05, 4.69) is 13.0 Å². The predicted octanol–water partition coefficient (Wildman–Crippen LogP) is 5.89. The van der Waals surface area contributed by atoms with Crippen molar-refractivity contribution in [2.75, 3.05) is 20.0 Å². The lowest BCUT2D eigenvalue weighted by atomic mass is 9.81. The third kappa shape index (κ3) is 3.51. The summed E-state index contributed by atoms with van der Waals surface area (Å²) >= 11 is 0. The number of carbonyl (C=O) groups is 1. The first-order valence-electron chi connectivity index (χ1n) is 12.2. The molecule has 6 rings (SSSR count). The van der Waals surface area contributed by atoms with Crippen molar-refractivity contribution in [3.63, 3.8) is 0 Å². The molecule has 2 aliphatic heterocycles. The molecule has 37 heavy (non-hydrogen) atoms.